The van der Waals surface area contributed by atoms with E-state index >= 15 is 0 Å². The van der Waals surface area contributed by atoms with E-state index in [9.17, 15) is 23.1 Å². The third-order valence-electron chi connectivity index (χ3n) is 4.12. The van der Waals surface area contributed by atoms with Crippen molar-refractivity contribution in [2.45, 2.75) is 38.4 Å². The largest absolute Gasteiger partial charge is 0.396 e. The van der Waals surface area contributed by atoms with Gasteiger partial charge >= 0.3 is 6.18 Å². The number of rotatable bonds is 5. The number of halogens is 3. The molecule has 2 atom stereocenters. The van der Waals surface area contributed by atoms with Crippen LogP contribution in [0, 0.1) is 5.92 Å². The molecular weight excluding hydrogens is 321 g/mol. The molecule has 0 aliphatic carbocycles. The van der Waals surface area contributed by atoms with Gasteiger partial charge in [-0.15, -0.1) is 0 Å². The third kappa shape index (κ3) is 5.40. The first kappa shape index (κ1) is 18.6. The highest BCUT2D eigenvalue weighted by atomic mass is 19.4. The first-order chi connectivity index (χ1) is 11.3. The van der Waals surface area contributed by atoms with E-state index in [1.54, 1.807) is 29.2 Å². The molecule has 0 bridgehead atoms. The summed E-state index contributed by atoms with van der Waals surface area (Å²) in [6.45, 7) is 2.66. The van der Waals surface area contributed by atoms with Gasteiger partial charge in [0, 0.05) is 37.0 Å². The Kier molecular flexibility index (Phi) is 6.10. The Labute approximate surface area is 139 Å². The number of benzene rings is 1. The average Bonchev–Trinajstić information content (AvgIpc) is 2.52. The fourth-order valence-corrected chi connectivity index (χ4v) is 3.01. The molecule has 1 heterocycles. The van der Waals surface area contributed by atoms with Crippen LogP contribution in [0.5, 0.6) is 0 Å². The predicted octanol–water partition coefficient (Wildman–Crippen LogP) is 3.28. The van der Waals surface area contributed by atoms with Gasteiger partial charge in [-0.25, -0.2) is 0 Å². The van der Waals surface area contributed by atoms with Crippen molar-refractivity contribution in [1.82, 2.24) is 4.90 Å². The first-order valence-corrected chi connectivity index (χ1v) is 8.12. The van der Waals surface area contributed by atoms with Crippen molar-refractivity contribution in [3.63, 3.8) is 0 Å². The Hall–Kier alpha value is -1.76. The number of hydrogen-bond donors (Lipinski definition) is 2. The highest BCUT2D eigenvalue weighted by Crippen LogP contribution is 2.24. The van der Waals surface area contributed by atoms with Crippen LogP contribution >= 0.6 is 0 Å². The van der Waals surface area contributed by atoms with Gasteiger partial charge in [-0.3, -0.25) is 4.79 Å². The fraction of sp³-hybridized carbons (Fsp3) is 0.588. The van der Waals surface area contributed by atoms with Crippen LogP contribution < -0.4 is 5.32 Å². The van der Waals surface area contributed by atoms with Crippen LogP contribution in [-0.2, 0) is 0 Å². The summed E-state index contributed by atoms with van der Waals surface area (Å²) < 4.78 is 37.2. The summed E-state index contributed by atoms with van der Waals surface area (Å²) in [5.74, 6) is -0.0592. The van der Waals surface area contributed by atoms with Crippen molar-refractivity contribution in [1.29, 1.82) is 0 Å². The second kappa shape index (κ2) is 7.88. The number of amides is 1. The van der Waals surface area contributed by atoms with E-state index in [2.05, 4.69) is 5.32 Å². The average molecular weight is 344 g/mol. The Balaban J connectivity index is 2.02. The number of carbonyl (C=O) groups is 1. The van der Waals surface area contributed by atoms with Crippen LogP contribution in [-0.4, -0.2) is 47.8 Å². The summed E-state index contributed by atoms with van der Waals surface area (Å²) in [6.07, 6.45) is -3.42. The summed E-state index contributed by atoms with van der Waals surface area (Å²) in [5, 5.41) is 12.0. The molecule has 0 spiro atoms. The maximum atomic E-state index is 12.6. The van der Waals surface area contributed by atoms with Crippen molar-refractivity contribution >= 4 is 11.6 Å². The topological polar surface area (TPSA) is 52.6 Å². The summed E-state index contributed by atoms with van der Waals surface area (Å²) in [7, 11) is 0. The van der Waals surface area contributed by atoms with Crippen LogP contribution in [0.2, 0.25) is 0 Å². The third-order valence-corrected chi connectivity index (χ3v) is 4.12. The lowest BCUT2D eigenvalue weighted by molar-refractivity contribution is -0.136. The summed E-state index contributed by atoms with van der Waals surface area (Å²) in [5.41, 5.74) is 0.936. The van der Waals surface area contributed by atoms with E-state index in [-0.39, 0.29) is 18.4 Å². The molecule has 1 aromatic rings. The Morgan fingerprint density at radius 3 is 2.88 bits per heavy atom. The van der Waals surface area contributed by atoms with Gasteiger partial charge < -0.3 is 15.3 Å². The van der Waals surface area contributed by atoms with Gasteiger partial charge in [-0.2, -0.15) is 13.2 Å². The highest BCUT2D eigenvalue weighted by molar-refractivity contribution is 5.95. The maximum absolute atomic E-state index is 12.6. The van der Waals surface area contributed by atoms with E-state index in [0.29, 0.717) is 24.3 Å². The van der Waals surface area contributed by atoms with Gasteiger partial charge in [0.2, 0.25) is 0 Å². The Morgan fingerprint density at radius 2 is 2.21 bits per heavy atom. The second-order valence-electron chi connectivity index (χ2n) is 6.39. The molecule has 0 radical (unpaired) electrons. The normalized spacial score (nSPS) is 19.9. The van der Waals surface area contributed by atoms with Crippen LogP contribution in [0.1, 0.15) is 36.5 Å². The van der Waals surface area contributed by atoms with Crippen LogP contribution in [0.4, 0.5) is 18.9 Å². The maximum Gasteiger partial charge on any atom is 0.391 e. The lowest BCUT2D eigenvalue weighted by Crippen LogP contribution is -2.40. The number of likely N-dealkylation sites (tertiary alicyclic amines) is 1. The number of nitrogens with one attached hydrogen (secondary N) is 1. The smallest absolute Gasteiger partial charge is 0.391 e. The number of carbonyl (C=O) groups excluding carboxylic acids is 1. The number of anilines is 1. The zero-order chi connectivity index (χ0) is 17.7. The van der Waals surface area contributed by atoms with Gasteiger partial charge in [0.1, 0.15) is 0 Å². The van der Waals surface area contributed by atoms with Crippen molar-refractivity contribution in [3.8, 4) is 0 Å². The Bertz CT molecular complexity index is 563. The van der Waals surface area contributed by atoms with Crippen molar-refractivity contribution < 1.29 is 23.1 Å². The summed E-state index contributed by atoms with van der Waals surface area (Å²) in [6, 6.07) is 5.77. The molecule has 1 fully saturated rings. The van der Waals surface area contributed by atoms with Crippen LogP contribution in [0.15, 0.2) is 24.3 Å². The second-order valence-corrected chi connectivity index (χ2v) is 6.39. The van der Waals surface area contributed by atoms with Crippen molar-refractivity contribution in [3.05, 3.63) is 29.8 Å². The van der Waals surface area contributed by atoms with E-state index in [4.69, 9.17) is 0 Å². The van der Waals surface area contributed by atoms with Crippen LogP contribution in [0.3, 0.4) is 0 Å². The zero-order valence-corrected chi connectivity index (χ0v) is 13.6. The molecule has 134 valence electrons. The minimum absolute atomic E-state index is 0.0559. The van der Waals surface area contributed by atoms with Gasteiger partial charge in [-0.1, -0.05) is 6.07 Å². The molecule has 0 saturated carbocycles. The fourth-order valence-electron chi connectivity index (χ4n) is 3.01. The molecule has 1 aliphatic heterocycles. The number of aliphatic hydroxyl groups excluding tert-OH is 1. The molecule has 24 heavy (non-hydrogen) atoms. The monoisotopic (exact) mass is 344 g/mol. The zero-order valence-electron chi connectivity index (χ0n) is 13.6. The van der Waals surface area contributed by atoms with Gasteiger partial charge in [-0.05, 0) is 43.9 Å². The van der Waals surface area contributed by atoms with Crippen molar-refractivity contribution in [2.24, 2.45) is 5.92 Å². The molecule has 1 aromatic carbocycles. The SMILES string of the molecule is CC(CC(F)(F)F)Nc1cccc(C(=O)N2CCCC(CO)C2)c1. The van der Waals surface area contributed by atoms with Gasteiger partial charge in [0.05, 0.1) is 6.42 Å². The first-order valence-electron chi connectivity index (χ1n) is 8.12. The van der Waals surface area contributed by atoms with E-state index < -0.39 is 18.6 Å². The molecule has 7 heteroatoms. The lowest BCUT2D eigenvalue weighted by Gasteiger charge is -2.32. The summed E-state index contributed by atoms with van der Waals surface area (Å²) >= 11 is 0. The number of nitrogens with zero attached hydrogens (tertiary/aromatic N) is 1. The molecule has 1 aliphatic rings. The molecule has 0 aromatic heterocycles. The molecule has 2 unspecified atom stereocenters. The standard InChI is InChI=1S/C17H23F3N2O2/c1-12(9-17(18,19)20)21-15-6-2-5-14(8-15)16(24)22-7-3-4-13(10-22)11-23/h2,5-6,8,12-13,21,23H,3-4,7,9-11H2,1H3. The highest BCUT2D eigenvalue weighted by Gasteiger charge is 2.30. The molecule has 2 N–H and O–H groups in total. The van der Waals surface area contributed by atoms with Crippen LogP contribution in [0.25, 0.3) is 0 Å². The van der Waals surface area contributed by atoms with Crippen molar-refractivity contribution in [2.75, 3.05) is 25.0 Å². The lowest BCUT2D eigenvalue weighted by atomic mass is 9.98. The quantitative estimate of drug-likeness (QED) is 0.862. The molecular formula is C17H23F3N2O2. The predicted molar refractivity (Wildman–Crippen MR) is 85.9 cm³/mol. The number of hydrogen-bond acceptors (Lipinski definition) is 3. The van der Waals surface area contributed by atoms with E-state index in [1.807, 2.05) is 0 Å². The van der Waals surface area contributed by atoms with Gasteiger partial charge in [0.25, 0.3) is 5.91 Å². The summed E-state index contributed by atoms with van der Waals surface area (Å²) in [4.78, 5) is 14.3. The number of aliphatic hydroxyl groups is 1. The van der Waals surface area contributed by atoms with E-state index in [1.165, 1.54) is 6.92 Å². The minimum Gasteiger partial charge on any atom is -0.396 e. The molecule has 4 nitrogen and oxygen atoms in total. The number of alkyl halides is 3. The molecule has 2 rings (SSSR count). The number of piperidine rings is 1. The van der Waals surface area contributed by atoms with Gasteiger partial charge in [0.15, 0.2) is 0 Å². The minimum atomic E-state index is -4.23. The van der Waals surface area contributed by atoms with E-state index in [0.717, 1.165) is 12.8 Å². The molecule has 1 amide bonds. The molecule has 1 saturated heterocycles. The Morgan fingerprint density at radius 1 is 1.46 bits per heavy atom.